The molecule has 0 fully saturated rings. The Labute approximate surface area is 114 Å². The number of halogens is 7. The summed E-state index contributed by atoms with van der Waals surface area (Å²) in [5.74, 6) is -0.238. The molecule has 0 aliphatic carbocycles. The molecule has 9 heteroatoms. The van der Waals surface area contributed by atoms with Crippen molar-refractivity contribution in [1.82, 2.24) is 0 Å². The summed E-state index contributed by atoms with van der Waals surface area (Å²) < 4.78 is 64.5. The summed E-state index contributed by atoms with van der Waals surface area (Å²) in [5.41, 5.74) is -4.45. The predicted octanol–water partition coefficient (Wildman–Crippen LogP) is 5.42. The van der Waals surface area contributed by atoms with Crippen molar-refractivity contribution in [3.8, 4) is 5.75 Å². The molecule has 0 saturated heterocycles. The van der Waals surface area contributed by atoms with Crippen LogP contribution in [0.25, 0.3) is 0 Å². The van der Waals surface area contributed by atoms with Crippen LogP contribution in [0.2, 0.25) is 0 Å². The van der Waals surface area contributed by atoms with Crippen LogP contribution in [0.5, 0.6) is 5.75 Å². The number of alkyl halides is 5. The maximum absolute atomic E-state index is 12.1. The van der Waals surface area contributed by atoms with E-state index < -0.39 is 12.1 Å². The van der Waals surface area contributed by atoms with Crippen LogP contribution < -0.4 is 4.74 Å². The summed E-state index contributed by atoms with van der Waals surface area (Å²) in [6, 6.07) is 2.08. The zero-order chi connectivity index (χ0) is 13.2. The van der Waals surface area contributed by atoms with E-state index >= 15 is 0 Å². The average molecular weight is 402 g/mol. The Balaban J connectivity index is 3.02. The average Bonchev–Trinajstić information content (AvgIpc) is 2.15. The number of rotatable bonds is 3. The fourth-order valence-electron chi connectivity index (χ4n) is 0.905. The highest BCUT2D eigenvalue weighted by molar-refractivity contribution is 9.13. The highest BCUT2D eigenvalue weighted by Crippen LogP contribution is 2.45. The second-order valence-electron chi connectivity index (χ2n) is 2.62. The lowest BCUT2D eigenvalue weighted by molar-refractivity contribution is -0.0505. The van der Waals surface area contributed by atoms with Gasteiger partial charge in [-0.25, -0.2) is 0 Å². The minimum absolute atomic E-state index is 0.00653. The monoisotopic (exact) mass is 400 g/mol. The maximum Gasteiger partial charge on any atom is 0.446 e. The second-order valence-corrected chi connectivity index (χ2v) is 5.31. The van der Waals surface area contributed by atoms with Crippen molar-refractivity contribution in [2.45, 2.75) is 17.0 Å². The van der Waals surface area contributed by atoms with Gasteiger partial charge in [0.25, 0.3) is 0 Å². The maximum atomic E-state index is 12.1. The standard InChI is InChI=1S/C8H3Br2F5OS/c9-5-3(16-7(11)12)1-2-4(6(5)10)17-8(13,14)15/h1-2,7H. The van der Waals surface area contributed by atoms with Crippen LogP contribution >= 0.6 is 43.6 Å². The molecule has 0 amide bonds. The van der Waals surface area contributed by atoms with Crippen molar-refractivity contribution in [2.75, 3.05) is 0 Å². The zero-order valence-electron chi connectivity index (χ0n) is 7.69. The van der Waals surface area contributed by atoms with Gasteiger partial charge in [-0.1, -0.05) is 0 Å². The fourth-order valence-corrected chi connectivity index (χ4v) is 2.62. The molecule has 1 aromatic carbocycles. The molecule has 0 atom stereocenters. The summed E-state index contributed by atoms with van der Waals surface area (Å²) in [5, 5.41) is 0. The van der Waals surface area contributed by atoms with Crippen LogP contribution in [-0.4, -0.2) is 12.1 Å². The van der Waals surface area contributed by atoms with Gasteiger partial charge in [-0.05, 0) is 55.8 Å². The van der Waals surface area contributed by atoms with Crippen LogP contribution in [0.4, 0.5) is 22.0 Å². The molecule has 1 nitrogen and oxygen atoms in total. The van der Waals surface area contributed by atoms with Crippen molar-refractivity contribution >= 4 is 43.6 Å². The normalized spacial score (nSPS) is 12.0. The Hall–Kier alpha value is -0.0200. The van der Waals surface area contributed by atoms with Crippen molar-refractivity contribution < 1.29 is 26.7 Å². The second kappa shape index (κ2) is 5.75. The lowest BCUT2D eigenvalue weighted by Gasteiger charge is -2.12. The Morgan fingerprint density at radius 2 is 1.71 bits per heavy atom. The highest BCUT2D eigenvalue weighted by atomic mass is 79.9. The van der Waals surface area contributed by atoms with Gasteiger partial charge in [0.2, 0.25) is 0 Å². The van der Waals surface area contributed by atoms with E-state index in [1.54, 1.807) is 0 Å². The van der Waals surface area contributed by atoms with Crippen LogP contribution in [0.15, 0.2) is 26.0 Å². The third-order valence-corrected chi connectivity index (χ3v) is 4.65. The van der Waals surface area contributed by atoms with Crippen LogP contribution in [0.1, 0.15) is 0 Å². The third kappa shape index (κ3) is 4.63. The molecule has 17 heavy (non-hydrogen) atoms. The number of hydrogen-bond donors (Lipinski definition) is 0. The molecular formula is C8H3Br2F5OS. The van der Waals surface area contributed by atoms with E-state index in [4.69, 9.17) is 0 Å². The molecule has 0 unspecified atom stereocenters. The van der Waals surface area contributed by atoms with Crippen LogP contribution in [0, 0.1) is 0 Å². The van der Waals surface area contributed by atoms with Crippen LogP contribution in [-0.2, 0) is 0 Å². The summed E-state index contributed by atoms with van der Waals surface area (Å²) in [6.45, 7) is -3.04. The summed E-state index contributed by atoms with van der Waals surface area (Å²) in [4.78, 5) is -0.147. The van der Waals surface area contributed by atoms with Crippen molar-refractivity contribution in [3.63, 3.8) is 0 Å². The highest BCUT2D eigenvalue weighted by Gasteiger charge is 2.31. The predicted molar refractivity (Wildman–Crippen MR) is 60.4 cm³/mol. The molecular weight excluding hydrogens is 399 g/mol. The Kier molecular flexibility index (Phi) is 5.08. The van der Waals surface area contributed by atoms with Crippen LogP contribution in [0.3, 0.4) is 0 Å². The Bertz CT molecular complexity index is 410. The smallest absolute Gasteiger partial charge is 0.434 e. The lowest BCUT2D eigenvalue weighted by Crippen LogP contribution is -2.03. The van der Waals surface area contributed by atoms with Gasteiger partial charge < -0.3 is 4.74 Å². The van der Waals surface area contributed by atoms with E-state index in [1.165, 1.54) is 0 Å². The molecule has 0 saturated carbocycles. The minimum Gasteiger partial charge on any atom is -0.434 e. The summed E-state index contributed by atoms with van der Waals surface area (Å²) in [7, 11) is 0. The van der Waals surface area contributed by atoms with Gasteiger partial charge in [-0.3, -0.25) is 0 Å². The van der Waals surface area contributed by atoms with Gasteiger partial charge in [0, 0.05) is 9.37 Å². The molecule has 0 aliphatic heterocycles. The van der Waals surface area contributed by atoms with Gasteiger partial charge in [-0.15, -0.1) is 0 Å². The van der Waals surface area contributed by atoms with E-state index in [2.05, 4.69) is 36.6 Å². The zero-order valence-corrected chi connectivity index (χ0v) is 11.7. The molecule has 0 spiro atoms. The van der Waals surface area contributed by atoms with Crippen molar-refractivity contribution in [2.24, 2.45) is 0 Å². The molecule has 1 aromatic rings. The first-order valence-corrected chi connectivity index (χ1v) is 6.29. The van der Waals surface area contributed by atoms with Gasteiger partial charge >= 0.3 is 12.1 Å². The van der Waals surface area contributed by atoms with Gasteiger partial charge in [0.15, 0.2) is 0 Å². The first kappa shape index (κ1) is 15.0. The number of benzene rings is 1. The quantitative estimate of drug-likeness (QED) is 0.493. The van der Waals surface area contributed by atoms with Crippen molar-refractivity contribution in [1.29, 1.82) is 0 Å². The van der Waals surface area contributed by atoms with E-state index in [0.29, 0.717) is 0 Å². The fraction of sp³-hybridized carbons (Fsp3) is 0.250. The van der Waals surface area contributed by atoms with Crippen molar-refractivity contribution in [3.05, 3.63) is 21.1 Å². The Morgan fingerprint density at radius 1 is 1.12 bits per heavy atom. The molecule has 0 N–H and O–H groups in total. The topological polar surface area (TPSA) is 9.23 Å². The molecule has 0 bridgehead atoms. The summed E-state index contributed by atoms with van der Waals surface area (Å²) >= 11 is 5.41. The molecule has 0 aliphatic rings. The van der Waals surface area contributed by atoms with Gasteiger partial charge in [0.05, 0.1) is 4.47 Å². The van der Waals surface area contributed by atoms with E-state index in [0.717, 1.165) is 12.1 Å². The minimum atomic E-state index is -4.45. The first-order chi connectivity index (χ1) is 7.70. The molecule has 1 rings (SSSR count). The Morgan fingerprint density at radius 3 is 2.18 bits per heavy atom. The van der Waals surface area contributed by atoms with E-state index in [1.807, 2.05) is 0 Å². The van der Waals surface area contributed by atoms with E-state index in [-0.39, 0.29) is 31.4 Å². The first-order valence-electron chi connectivity index (χ1n) is 3.89. The van der Waals surface area contributed by atoms with Gasteiger partial charge in [0.1, 0.15) is 5.75 Å². The number of thioether (sulfide) groups is 1. The molecule has 96 valence electrons. The lowest BCUT2D eigenvalue weighted by atomic mass is 10.3. The molecule has 0 aromatic heterocycles. The molecule has 0 radical (unpaired) electrons. The number of ether oxygens (including phenoxy) is 1. The molecule has 0 heterocycles. The van der Waals surface area contributed by atoms with E-state index in [9.17, 15) is 22.0 Å². The number of hydrogen-bond acceptors (Lipinski definition) is 2. The third-order valence-electron chi connectivity index (χ3n) is 1.45. The SMILES string of the molecule is FC(F)Oc1ccc(SC(F)(F)F)c(Br)c1Br. The summed E-state index contributed by atoms with van der Waals surface area (Å²) in [6.07, 6.45) is 0. The largest absolute Gasteiger partial charge is 0.446 e. The van der Waals surface area contributed by atoms with Gasteiger partial charge in [-0.2, -0.15) is 22.0 Å².